The third kappa shape index (κ3) is 3.94. The Balaban J connectivity index is 2.82. The minimum atomic E-state index is -0.681. The number of allylic oxidation sites excluding steroid dienone is 2. The van der Waals surface area contributed by atoms with Gasteiger partial charge in [0.05, 0.1) is 18.6 Å². The second kappa shape index (κ2) is 6.55. The fraction of sp³-hybridized carbons (Fsp3) is 0.600. The largest absolute Gasteiger partial charge is 0.465 e. The Labute approximate surface area is 114 Å². The zero-order valence-corrected chi connectivity index (χ0v) is 12.1. The van der Waals surface area contributed by atoms with Crippen LogP contribution >= 0.6 is 0 Å². The predicted molar refractivity (Wildman–Crippen MR) is 72.4 cm³/mol. The lowest BCUT2D eigenvalue weighted by molar-refractivity contribution is -0.148. The highest BCUT2D eigenvalue weighted by Crippen LogP contribution is 2.56. The van der Waals surface area contributed by atoms with Gasteiger partial charge < -0.3 is 9.47 Å². The van der Waals surface area contributed by atoms with E-state index in [9.17, 15) is 9.59 Å². The monoisotopic (exact) mass is 266 g/mol. The van der Waals surface area contributed by atoms with Gasteiger partial charge in [0.15, 0.2) is 0 Å². The van der Waals surface area contributed by atoms with Crippen molar-refractivity contribution in [1.82, 2.24) is 0 Å². The van der Waals surface area contributed by atoms with Crippen LogP contribution in [0.2, 0.25) is 0 Å². The first-order valence-electron chi connectivity index (χ1n) is 6.64. The molecule has 0 bridgehead atoms. The molecule has 4 nitrogen and oxygen atoms in total. The lowest BCUT2D eigenvalue weighted by Crippen LogP contribution is -2.19. The smallest absolute Gasteiger partial charge is 0.330 e. The van der Waals surface area contributed by atoms with Crippen molar-refractivity contribution >= 4 is 11.9 Å². The lowest BCUT2D eigenvalue weighted by Gasteiger charge is -2.10. The van der Waals surface area contributed by atoms with E-state index < -0.39 is 11.4 Å². The van der Waals surface area contributed by atoms with Gasteiger partial charge in [0.25, 0.3) is 0 Å². The quantitative estimate of drug-likeness (QED) is 0.421. The Morgan fingerprint density at radius 1 is 1.21 bits per heavy atom. The fourth-order valence-corrected chi connectivity index (χ4v) is 2.08. The molecular formula is C15H22O4. The summed E-state index contributed by atoms with van der Waals surface area (Å²) in [5.74, 6) is -0.575. The Morgan fingerprint density at radius 3 is 2.37 bits per heavy atom. The molecule has 0 spiro atoms. The van der Waals surface area contributed by atoms with Gasteiger partial charge in [0, 0.05) is 6.08 Å². The van der Waals surface area contributed by atoms with Crippen LogP contribution in [0.5, 0.6) is 0 Å². The number of carbonyl (C=O) groups excluding carboxylic acids is 2. The van der Waals surface area contributed by atoms with Crippen LogP contribution in [0.25, 0.3) is 0 Å². The summed E-state index contributed by atoms with van der Waals surface area (Å²) in [6, 6.07) is 0. The van der Waals surface area contributed by atoms with Crippen molar-refractivity contribution in [2.75, 3.05) is 13.2 Å². The first-order valence-corrected chi connectivity index (χ1v) is 6.64. The van der Waals surface area contributed by atoms with E-state index in [0.29, 0.717) is 19.6 Å². The van der Waals surface area contributed by atoms with Gasteiger partial charge >= 0.3 is 11.9 Å². The third-order valence-electron chi connectivity index (χ3n) is 3.05. The van der Waals surface area contributed by atoms with Crippen LogP contribution in [0, 0.1) is 11.3 Å². The lowest BCUT2D eigenvalue weighted by atomic mass is 10.0. The molecule has 0 aromatic heterocycles. The van der Waals surface area contributed by atoms with E-state index in [2.05, 4.69) is 0 Å². The van der Waals surface area contributed by atoms with Gasteiger partial charge in [0.2, 0.25) is 0 Å². The van der Waals surface area contributed by atoms with Crippen molar-refractivity contribution in [3.8, 4) is 0 Å². The van der Waals surface area contributed by atoms with Gasteiger partial charge in [-0.1, -0.05) is 17.7 Å². The van der Waals surface area contributed by atoms with E-state index in [-0.39, 0.29) is 11.9 Å². The molecule has 0 aliphatic heterocycles. The van der Waals surface area contributed by atoms with Crippen molar-refractivity contribution in [1.29, 1.82) is 0 Å². The van der Waals surface area contributed by atoms with Gasteiger partial charge in [-0.05, 0) is 40.0 Å². The molecule has 2 atom stereocenters. The van der Waals surface area contributed by atoms with E-state index in [4.69, 9.17) is 9.47 Å². The van der Waals surface area contributed by atoms with E-state index in [1.807, 2.05) is 19.9 Å². The zero-order chi connectivity index (χ0) is 14.5. The molecule has 19 heavy (non-hydrogen) atoms. The van der Waals surface area contributed by atoms with Crippen molar-refractivity contribution in [2.45, 2.75) is 34.1 Å². The SMILES string of the molecule is CCOC(=O)/C=C/[C@]1(C(=O)OCC)C[C@H]1C=C(C)C. The van der Waals surface area contributed by atoms with Crippen molar-refractivity contribution < 1.29 is 19.1 Å². The molecule has 1 aliphatic rings. The topological polar surface area (TPSA) is 52.6 Å². The molecule has 1 fully saturated rings. The molecule has 0 amide bonds. The minimum absolute atomic E-state index is 0.113. The highest BCUT2D eigenvalue weighted by atomic mass is 16.5. The molecule has 106 valence electrons. The van der Waals surface area contributed by atoms with Crippen LogP contribution in [0.3, 0.4) is 0 Å². The van der Waals surface area contributed by atoms with Crippen LogP contribution in [0.1, 0.15) is 34.1 Å². The van der Waals surface area contributed by atoms with Crippen molar-refractivity contribution in [2.24, 2.45) is 11.3 Å². The van der Waals surface area contributed by atoms with E-state index in [1.54, 1.807) is 19.9 Å². The van der Waals surface area contributed by atoms with E-state index in [0.717, 1.165) is 5.57 Å². The Morgan fingerprint density at radius 2 is 1.84 bits per heavy atom. The summed E-state index contributed by atoms with van der Waals surface area (Å²) < 4.78 is 9.93. The Hall–Kier alpha value is -1.58. The minimum Gasteiger partial charge on any atom is -0.465 e. The van der Waals surface area contributed by atoms with Gasteiger partial charge in [-0.25, -0.2) is 4.79 Å². The molecule has 1 aliphatic carbocycles. The molecule has 1 saturated carbocycles. The maximum atomic E-state index is 12.0. The van der Waals surface area contributed by atoms with Crippen LogP contribution < -0.4 is 0 Å². The number of carbonyl (C=O) groups is 2. The zero-order valence-electron chi connectivity index (χ0n) is 12.1. The summed E-state index contributed by atoms with van der Waals surface area (Å²) in [4.78, 5) is 23.4. The third-order valence-corrected chi connectivity index (χ3v) is 3.05. The van der Waals surface area contributed by atoms with E-state index >= 15 is 0 Å². The molecule has 1 rings (SSSR count). The number of hydrogen-bond donors (Lipinski definition) is 0. The molecule has 0 aromatic rings. The average molecular weight is 266 g/mol. The van der Waals surface area contributed by atoms with E-state index in [1.165, 1.54) is 6.08 Å². The molecule has 0 N–H and O–H groups in total. The number of ether oxygens (including phenoxy) is 2. The molecule has 0 radical (unpaired) electrons. The second-order valence-electron chi connectivity index (χ2n) is 4.90. The summed E-state index contributed by atoms with van der Waals surface area (Å²) in [6.45, 7) is 8.17. The van der Waals surface area contributed by atoms with Gasteiger partial charge in [-0.3, -0.25) is 4.79 Å². The normalized spacial score (nSPS) is 24.9. The average Bonchev–Trinajstić information content (AvgIpc) is 3.01. The first-order chi connectivity index (χ1) is 8.96. The molecule has 0 heterocycles. The Kier molecular flexibility index (Phi) is 5.33. The summed E-state index contributed by atoms with van der Waals surface area (Å²) >= 11 is 0. The fourth-order valence-electron chi connectivity index (χ4n) is 2.08. The van der Waals surface area contributed by atoms with Crippen molar-refractivity contribution in [3.63, 3.8) is 0 Å². The Bertz CT molecular complexity index is 404. The second-order valence-corrected chi connectivity index (χ2v) is 4.90. The number of hydrogen-bond acceptors (Lipinski definition) is 4. The maximum Gasteiger partial charge on any atom is 0.330 e. The summed E-state index contributed by atoms with van der Waals surface area (Å²) in [7, 11) is 0. The van der Waals surface area contributed by atoms with Gasteiger partial charge in [0.1, 0.15) is 0 Å². The first kappa shape index (κ1) is 15.5. The molecule has 4 heteroatoms. The molecule has 0 aromatic carbocycles. The maximum absolute atomic E-state index is 12.0. The number of rotatable bonds is 6. The summed E-state index contributed by atoms with van der Waals surface area (Å²) in [5, 5.41) is 0. The molecule has 0 saturated heterocycles. The predicted octanol–water partition coefficient (Wildman–Crippen LogP) is 2.64. The highest BCUT2D eigenvalue weighted by Gasteiger charge is 2.58. The highest BCUT2D eigenvalue weighted by molar-refractivity contribution is 5.88. The van der Waals surface area contributed by atoms with Crippen LogP contribution in [0.4, 0.5) is 0 Å². The van der Waals surface area contributed by atoms with Gasteiger partial charge in [-0.2, -0.15) is 0 Å². The number of esters is 2. The van der Waals surface area contributed by atoms with Crippen LogP contribution in [-0.2, 0) is 19.1 Å². The summed E-state index contributed by atoms with van der Waals surface area (Å²) in [6.07, 6.45) is 5.70. The molecular weight excluding hydrogens is 244 g/mol. The van der Waals surface area contributed by atoms with Crippen LogP contribution in [-0.4, -0.2) is 25.2 Å². The van der Waals surface area contributed by atoms with Gasteiger partial charge in [-0.15, -0.1) is 0 Å². The standard InChI is InChI=1S/C15H22O4/c1-5-18-13(16)7-8-15(14(17)19-6-2)10-12(15)9-11(3)4/h7-9,12H,5-6,10H2,1-4H3/b8-7+/t12-,15+/m1/s1. The van der Waals surface area contributed by atoms with Crippen LogP contribution in [0.15, 0.2) is 23.8 Å². The summed E-state index contributed by atoms with van der Waals surface area (Å²) in [5.41, 5.74) is 0.473. The molecule has 0 unspecified atom stereocenters. The van der Waals surface area contributed by atoms with Crippen molar-refractivity contribution in [3.05, 3.63) is 23.8 Å².